The number of hydrogen-bond donors (Lipinski definition) is 3. The van der Waals surface area contributed by atoms with Crippen molar-refractivity contribution in [2.75, 3.05) is 32.1 Å². The number of rotatable bonds is 13. The van der Waals surface area contributed by atoms with Gasteiger partial charge in [0.25, 0.3) is 11.8 Å². The lowest BCUT2D eigenvalue weighted by Gasteiger charge is -2.39. The van der Waals surface area contributed by atoms with Crippen LogP contribution in [0.5, 0.6) is 5.75 Å². The van der Waals surface area contributed by atoms with Gasteiger partial charge in [0.05, 0.1) is 26.7 Å². The fraction of sp³-hybridized carbons (Fsp3) is 0.500. The Morgan fingerprint density at radius 1 is 0.941 bits per heavy atom. The van der Waals surface area contributed by atoms with Crippen LogP contribution in [0.3, 0.4) is 0 Å². The summed E-state index contributed by atoms with van der Waals surface area (Å²) in [6.07, 6.45) is 4.17. The Kier molecular flexibility index (Phi) is 12.5. The van der Waals surface area contributed by atoms with E-state index in [1.54, 1.807) is 50.8 Å². The number of ether oxygens (including phenoxy) is 3. The highest BCUT2D eigenvalue weighted by Crippen LogP contribution is 2.32. The molecule has 1 unspecified atom stereocenters. The molecule has 4 rings (SSSR count). The number of anilines is 1. The van der Waals surface area contributed by atoms with Crippen molar-refractivity contribution in [3.8, 4) is 5.75 Å². The third-order valence-electron chi connectivity index (χ3n) is 8.89. The molecular weight excluding hydrogens is 652 g/mol. The van der Waals surface area contributed by atoms with Gasteiger partial charge in [0.2, 0.25) is 5.91 Å². The van der Waals surface area contributed by atoms with E-state index >= 15 is 0 Å². The van der Waals surface area contributed by atoms with Gasteiger partial charge in [0.1, 0.15) is 28.5 Å². The Bertz CT molecular complexity index is 1640. The Morgan fingerprint density at radius 3 is 2.20 bits per heavy atom. The quantitative estimate of drug-likeness (QED) is 0.228. The fourth-order valence-corrected chi connectivity index (χ4v) is 5.67. The molecule has 1 aliphatic heterocycles. The third kappa shape index (κ3) is 10.3. The lowest BCUT2D eigenvalue weighted by Crippen LogP contribution is -2.59. The van der Waals surface area contributed by atoms with E-state index in [0.29, 0.717) is 24.8 Å². The van der Waals surface area contributed by atoms with Crippen molar-refractivity contribution in [3.63, 3.8) is 0 Å². The summed E-state index contributed by atoms with van der Waals surface area (Å²) in [5, 5.41) is 8.07. The monoisotopic (exact) mass is 704 g/mol. The molecule has 1 aromatic heterocycles. The molecule has 0 aliphatic carbocycles. The second-order valence-corrected chi connectivity index (χ2v) is 14.7. The summed E-state index contributed by atoms with van der Waals surface area (Å²) in [6.45, 7) is 13.5. The van der Waals surface area contributed by atoms with Crippen molar-refractivity contribution in [2.24, 2.45) is 5.92 Å². The van der Waals surface area contributed by atoms with Crippen LogP contribution in [0.1, 0.15) is 72.4 Å². The highest BCUT2D eigenvalue weighted by molar-refractivity contribution is 5.98. The van der Waals surface area contributed by atoms with Crippen LogP contribution in [0.15, 0.2) is 67.1 Å². The zero-order valence-electron chi connectivity index (χ0n) is 30.9. The van der Waals surface area contributed by atoms with Gasteiger partial charge in [-0.15, -0.1) is 0 Å². The number of nitrogens with one attached hydrogen (secondary N) is 3. The molecule has 13 nitrogen and oxygen atoms in total. The number of benzene rings is 2. The predicted octanol–water partition coefficient (Wildman–Crippen LogP) is 4.86. The summed E-state index contributed by atoms with van der Waals surface area (Å²) >= 11 is 0. The van der Waals surface area contributed by atoms with Crippen LogP contribution >= 0.6 is 0 Å². The number of alkyl carbamates (subject to hydrolysis) is 1. The number of methoxy groups -OCH3 is 1. The topological polar surface area (TPSA) is 153 Å². The Labute approximate surface area is 300 Å². The van der Waals surface area contributed by atoms with Gasteiger partial charge in [-0.1, -0.05) is 49.4 Å². The van der Waals surface area contributed by atoms with Crippen LogP contribution in [0.4, 0.5) is 10.6 Å². The third-order valence-corrected chi connectivity index (χ3v) is 8.89. The van der Waals surface area contributed by atoms with Crippen molar-refractivity contribution in [1.82, 2.24) is 25.1 Å². The summed E-state index contributed by atoms with van der Waals surface area (Å²) < 4.78 is 18.2. The molecule has 0 radical (unpaired) electrons. The van der Waals surface area contributed by atoms with Gasteiger partial charge >= 0.3 is 6.09 Å². The van der Waals surface area contributed by atoms with Crippen LogP contribution in [0, 0.1) is 5.92 Å². The highest BCUT2D eigenvalue weighted by atomic mass is 16.6. The molecular formula is C38H52N6O7. The van der Waals surface area contributed by atoms with Crippen molar-refractivity contribution in [2.45, 2.75) is 90.6 Å². The van der Waals surface area contributed by atoms with Gasteiger partial charge < -0.3 is 39.6 Å². The molecule has 2 heterocycles. The summed E-state index contributed by atoms with van der Waals surface area (Å²) in [4.78, 5) is 60.3. The number of aromatic nitrogens is 2. The average Bonchev–Trinajstić information content (AvgIpc) is 3.55. The van der Waals surface area contributed by atoms with E-state index in [1.807, 2.05) is 54.3 Å². The number of likely N-dealkylation sites (tertiary alicyclic amines) is 1. The molecule has 2 atom stereocenters. The van der Waals surface area contributed by atoms with Crippen LogP contribution in [-0.2, 0) is 36.0 Å². The first kappa shape index (κ1) is 38.9. The number of imidazole rings is 1. The molecule has 1 saturated heterocycles. The molecule has 276 valence electrons. The SMILES string of the molecule is COc1ccc(C(C)(C(=O)N2CCC(C)CC2)n2cnc(NC(=O)[C@@H](COCc3ccccc3)NC(=O)C(C)(C)NC(=O)OC(C)(C)C)c2)cc1. The minimum Gasteiger partial charge on any atom is -0.497 e. The van der Waals surface area contributed by atoms with Gasteiger partial charge in [-0.3, -0.25) is 14.4 Å². The molecule has 3 N–H and O–H groups in total. The van der Waals surface area contributed by atoms with Crippen LogP contribution in [0.2, 0.25) is 0 Å². The minimum atomic E-state index is -1.44. The highest BCUT2D eigenvalue weighted by Gasteiger charge is 2.41. The number of carbonyl (C=O) groups is 4. The summed E-state index contributed by atoms with van der Waals surface area (Å²) in [7, 11) is 1.58. The first-order chi connectivity index (χ1) is 24.0. The van der Waals surface area contributed by atoms with E-state index in [1.165, 1.54) is 20.2 Å². The van der Waals surface area contributed by atoms with Gasteiger partial charge in [0, 0.05) is 19.3 Å². The number of amides is 4. The lowest BCUT2D eigenvalue weighted by atomic mass is 9.88. The van der Waals surface area contributed by atoms with E-state index in [4.69, 9.17) is 14.2 Å². The summed E-state index contributed by atoms with van der Waals surface area (Å²) in [5.41, 5.74) is -1.78. The minimum absolute atomic E-state index is 0.0889. The molecule has 2 aromatic carbocycles. The van der Waals surface area contributed by atoms with Gasteiger partial charge in [-0.2, -0.15) is 0 Å². The normalized spacial score (nSPS) is 15.6. The Morgan fingerprint density at radius 2 is 1.59 bits per heavy atom. The zero-order valence-corrected chi connectivity index (χ0v) is 30.9. The fourth-order valence-electron chi connectivity index (χ4n) is 5.67. The second-order valence-electron chi connectivity index (χ2n) is 14.7. The van der Waals surface area contributed by atoms with Crippen LogP contribution < -0.4 is 20.7 Å². The smallest absolute Gasteiger partial charge is 0.408 e. The van der Waals surface area contributed by atoms with Gasteiger partial charge in [-0.05, 0) is 83.6 Å². The van der Waals surface area contributed by atoms with Crippen LogP contribution in [0.25, 0.3) is 0 Å². The molecule has 0 bridgehead atoms. The van der Waals surface area contributed by atoms with Crippen molar-refractivity contribution >= 4 is 29.6 Å². The van der Waals surface area contributed by atoms with Gasteiger partial charge in [0.15, 0.2) is 5.82 Å². The number of nitrogens with zero attached hydrogens (tertiary/aromatic N) is 3. The molecule has 0 spiro atoms. The second kappa shape index (κ2) is 16.4. The first-order valence-electron chi connectivity index (χ1n) is 17.2. The van der Waals surface area contributed by atoms with E-state index < -0.39 is 40.6 Å². The average molecular weight is 705 g/mol. The van der Waals surface area contributed by atoms with E-state index in [9.17, 15) is 19.2 Å². The zero-order chi connectivity index (χ0) is 37.4. The maximum atomic E-state index is 14.3. The molecule has 51 heavy (non-hydrogen) atoms. The molecule has 1 aliphatic rings. The molecule has 3 aromatic rings. The largest absolute Gasteiger partial charge is 0.497 e. The molecule has 1 fully saturated rings. The molecule has 4 amide bonds. The Balaban J connectivity index is 1.56. The standard InChI is InChI=1S/C38H52N6O7/c1-26-18-20-43(21-19-26)34(47)38(7,28-14-16-29(49-8)17-15-28)44-22-31(39-25-44)41-32(45)30(24-50-23-27-12-10-9-11-13-27)40-33(46)37(5,6)42-35(48)51-36(2,3)4/h9-17,22,25-26,30H,18-21,23-24H2,1-8H3,(H,40,46)(H,41,45)(H,42,48)/t30-,38?/m1/s1. The van der Waals surface area contributed by atoms with E-state index in [0.717, 1.165) is 24.0 Å². The van der Waals surface area contributed by atoms with Gasteiger partial charge in [-0.25, -0.2) is 9.78 Å². The molecule has 13 heteroatoms. The Hall–Kier alpha value is -4.91. The maximum Gasteiger partial charge on any atom is 0.408 e. The van der Waals surface area contributed by atoms with Crippen LogP contribution in [-0.4, -0.2) is 82.3 Å². The number of hydrogen-bond acceptors (Lipinski definition) is 8. The lowest BCUT2D eigenvalue weighted by molar-refractivity contribution is -0.139. The molecule has 0 saturated carbocycles. The van der Waals surface area contributed by atoms with Crippen molar-refractivity contribution in [1.29, 1.82) is 0 Å². The number of piperidine rings is 1. The predicted molar refractivity (Wildman–Crippen MR) is 193 cm³/mol. The van der Waals surface area contributed by atoms with Crippen molar-refractivity contribution < 1.29 is 33.4 Å². The maximum absolute atomic E-state index is 14.3. The summed E-state index contributed by atoms with van der Waals surface area (Å²) in [6, 6.07) is 15.6. The van der Waals surface area contributed by atoms with Crippen molar-refractivity contribution in [3.05, 3.63) is 78.2 Å². The van der Waals surface area contributed by atoms with E-state index in [-0.39, 0.29) is 24.9 Å². The summed E-state index contributed by atoms with van der Waals surface area (Å²) in [5.74, 6) is 0.0569. The number of carbonyl (C=O) groups excluding carboxylic acids is 4. The first-order valence-corrected chi connectivity index (χ1v) is 17.2. The van der Waals surface area contributed by atoms with E-state index in [2.05, 4.69) is 27.9 Å².